The molecule has 2 heterocycles. The molecule has 2 aromatic heterocycles. The van der Waals surface area contributed by atoms with E-state index in [4.69, 9.17) is 0 Å². The molecule has 3 aromatic rings. The predicted molar refractivity (Wildman–Crippen MR) is 93.1 cm³/mol. The largest absolute Gasteiger partial charge is 0.296 e. The Balaban J connectivity index is 1.60. The van der Waals surface area contributed by atoms with E-state index in [9.17, 15) is 9.18 Å². The third kappa shape index (κ3) is 4.13. The number of thioether (sulfide) groups is 1. The first-order chi connectivity index (χ1) is 11.7. The lowest BCUT2D eigenvalue weighted by atomic mass is 10.2. The number of halogens is 1. The first-order valence-corrected chi connectivity index (χ1v) is 9.56. The lowest BCUT2D eigenvalue weighted by molar-refractivity contribution is 0.102. The summed E-state index contributed by atoms with van der Waals surface area (Å²) in [5.41, 5.74) is 1.53. The van der Waals surface area contributed by atoms with Gasteiger partial charge in [-0.05, 0) is 35.6 Å². The number of carbonyl (C=O) groups is 1. The number of anilines is 1. The Morgan fingerprint density at radius 3 is 3.00 bits per heavy atom. The molecule has 0 aliphatic rings. The molecule has 6 nitrogen and oxygen atoms in total. The molecule has 0 atom stereocenters. The SMILES string of the molecule is CCc1nnsc1C(=O)Nc1nnc(SCc2cccc(F)c2)s1. The monoisotopic (exact) mass is 381 g/mol. The van der Waals surface area contributed by atoms with E-state index in [-0.39, 0.29) is 11.7 Å². The number of rotatable bonds is 6. The topological polar surface area (TPSA) is 80.7 Å². The van der Waals surface area contributed by atoms with Crippen molar-refractivity contribution in [1.29, 1.82) is 0 Å². The Labute approximate surface area is 149 Å². The highest BCUT2D eigenvalue weighted by molar-refractivity contribution is 8.00. The van der Waals surface area contributed by atoms with Crippen molar-refractivity contribution >= 4 is 45.7 Å². The van der Waals surface area contributed by atoms with Crippen LogP contribution < -0.4 is 5.32 Å². The Bertz CT molecular complexity index is 850. The van der Waals surface area contributed by atoms with Crippen molar-refractivity contribution < 1.29 is 9.18 Å². The van der Waals surface area contributed by atoms with Crippen LogP contribution in [0.3, 0.4) is 0 Å². The average Bonchev–Trinajstić information content (AvgIpc) is 3.22. The third-order valence-corrected chi connectivity index (χ3v) is 5.79. The Morgan fingerprint density at radius 2 is 2.21 bits per heavy atom. The van der Waals surface area contributed by atoms with Gasteiger partial charge in [-0.15, -0.1) is 15.3 Å². The molecule has 0 radical (unpaired) electrons. The molecule has 0 unspecified atom stereocenters. The van der Waals surface area contributed by atoms with Gasteiger partial charge in [0.25, 0.3) is 5.91 Å². The zero-order chi connectivity index (χ0) is 16.9. The molecule has 0 aliphatic carbocycles. The minimum atomic E-state index is -0.278. The molecular weight excluding hydrogens is 369 g/mol. The van der Waals surface area contributed by atoms with Crippen molar-refractivity contribution in [2.75, 3.05) is 5.32 Å². The van der Waals surface area contributed by atoms with E-state index >= 15 is 0 Å². The zero-order valence-electron chi connectivity index (χ0n) is 12.5. The average molecular weight is 381 g/mol. The second kappa shape index (κ2) is 7.77. The molecule has 0 spiro atoms. The van der Waals surface area contributed by atoms with Gasteiger partial charge < -0.3 is 0 Å². The van der Waals surface area contributed by atoms with Crippen LogP contribution in [0.5, 0.6) is 0 Å². The number of nitrogens with zero attached hydrogens (tertiary/aromatic N) is 4. The summed E-state index contributed by atoms with van der Waals surface area (Å²) >= 11 is 3.77. The van der Waals surface area contributed by atoms with Crippen LogP contribution in [-0.4, -0.2) is 25.7 Å². The fraction of sp³-hybridized carbons (Fsp3) is 0.214. The molecule has 0 saturated carbocycles. The van der Waals surface area contributed by atoms with Crippen molar-refractivity contribution in [3.63, 3.8) is 0 Å². The maximum Gasteiger partial charge on any atom is 0.271 e. The van der Waals surface area contributed by atoms with Crippen molar-refractivity contribution in [3.05, 3.63) is 46.2 Å². The van der Waals surface area contributed by atoms with Gasteiger partial charge >= 0.3 is 0 Å². The quantitative estimate of drug-likeness (QED) is 0.519. The second-order valence-corrected chi connectivity index (χ2v) is 7.60. The van der Waals surface area contributed by atoms with Gasteiger partial charge in [0.2, 0.25) is 5.13 Å². The number of hydrogen-bond acceptors (Lipinski definition) is 8. The Hall–Kier alpha value is -1.91. The van der Waals surface area contributed by atoms with Gasteiger partial charge in [0.05, 0.1) is 5.69 Å². The van der Waals surface area contributed by atoms with Crippen molar-refractivity contribution in [3.8, 4) is 0 Å². The summed E-state index contributed by atoms with van der Waals surface area (Å²) in [6.45, 7) is 1.92. The molecule has 1 aromatic carbocycles. The summed E-state index contributed by atoms with van der Waals surface area (Å²) in [5, 5.41) is 15.0. The van der Waals surface area contributed by atoms with E-state index in [0.717, 1.165) is 17.1 Å². The molecule has 0 saturated heterocycles. The van der Waals surface area contributed by atoms with Crippen LogP contribution in [0.2, 0.25) is 0 Å². The van der Waals surface area contributed by atoms with Crippen LogP contribution in [0.25, 0.3) is 0 Å². The fourth-order valence-corrected chi connectivity index (χ4v) is 4.19. The van der Waals surface area contributed by atoms with Gasteiger partial charge in [-0.3, -0.25) is 10.1 Å². The molecule has 0 bridgehead atoms. The molecule has 10 heteroatoms. The standard InChI is InChI=1S/C14H12FN5OS3/c1-2-10-11(24-20-17-10)12(21)16-13-18-19-14(23-13)22-7-8-4-3-5-9(15)6-8/h3-6H,2,7H2,1H3,(H,16,18,21). The van der Waals surface area contributed by atoms with E-state index in [1.165, 1.54) is 35.2 Å². The summed E-state index contributed by atoms with van der Waals surface area (Å²) in [7, 11) is 0. The lowest BCUT2D eigenvalue weighted by Crippen LogP contribution is -2.12. The molecular formula is C14H12FN5OS3. The van der Waals surface area contributed by atoms with Crippen LogP contribution in [0.15, 0.2) is 28.6 Å². The number of hydrogen-bond donors (Lipinski definition) is 1. The van der Waals surface area contributed by atoms with Crippen LogP contribution in [0.1, 0.15) is 27.9 Å². The summed E-state index contributed by atoms with van der Waals surface area (Å²) < 4.78 is 17.6. The number of carbonyl (C=O) groups excluding carboxylic acids is 1. The maximum absolute atomic E-state index is 13.1. The lowest BCUT2D eigenvalue weighted by Gasteiger charge is -1.99. The van der Waals surface area contributed by atoms with E-state index in [1.54, 1.807) is 6.07 Å². The molecule has 1 N–H and O–H groups in total. The Kier molecular flexibility index (Phi) is 5.48. The van der Waals surface area contributed by atoms with E-state index < -0.39 is 0 Å². The predicted octanol–water partition coefficient (Wildman–Crippen LogP) is 3.64. The van der Waals surface area contributed by atoms with Crippen molar-refractivity contribution in [2.45, 2.75) is 23.4 Å². The van der Waals surface area contributed by atoms with Crippen LogP contribution >= 0.6 is 34.6 Å². The summed E-state index contributed by atoms with van der Waals surface area (Å²) in [6.07, 6.45) is 0.643. The highest BCUT2D eigenvalue weighted by Gasteiger charge is 2.17. The maximum atomic E-state index is 13.1. The second-order valence-electron chi connectivity index (χ2n) is 4.65. The minimum absolute atomic E-state index is 0.261. The van der Waals surface area contributed by atoms with Crippen LogP contribution in [0.4, 0.5) is 9.52 Å². The van der Waals surface area contributed by atoms with Crippen molar-refractivity contribution in [2.24, 2.45) is 0 Å². The number of benzene rings is 1. The summed E-state index contributed by atoms with van der Waals surface area (Å²) in [4.78, 5) is 12.7. The van der Waals surface area contributed by atoms with Crippen LogP contribution in [0, 0.1) is 5.82 Å². The van der Waals surface area contributed by atoms with Gasteiger partial charge in [-0.2, -0.15) is 0 Å². The molecule has 24 heavy (non-hydrogen) atoms. The van der Waals surface area contributed by atoms with Crippen LogP contribution in [-0.2, 0) is 12.2 Å². The van der Waals surface area contributed by atoms with Gasteiger partial charge in [0.1, 0.15) is 10.7 Å². The normalized spacial score (nSPS) is 10.8. The van der Waals surface area contributed by atoms with E-state index in [1.807, 2.05) is 13.0 Å². The van der Waals surface area contributed by atoms with Gasteiger partial charge in [-0.1, -0.05) is 46.6 Å². The fourth-order valence-electron chi connectivity index (χ4n) is 1.86. The Morgan fingerprint density at radius 1 is 1.33 bits per heavy atom. The van der Waals surface area contributed by atoms with Gasteiger partial charge in [-0.25, -0.2) is 4.39 Å². The molecule has 0 aliphatic heterocycles. The number of nitrogens with one attached hydrogen (secondary N) is 1. The van der Waals surface area contributed by atoms with Gasteiger partial charge in [0.15, 0.2) is 4.34 Å². The summed E-state index contributed by atoms with van der Waals surface area (Å²) in [5.74, 6) is 0.0434. The van der Waals surface area contributed by atoms with Gasteiger partial charge in [0, 0.05) is 5.75 Å². The highest BCUT2D eigenvalue weighted by atomic mass is 32.2. The first-order valence-electron chi connectivity index (χ1n) is 6.99. The molecule has 1 amide bonds. The first kappa shape index (κ1) is 16.9. The number of aryl methyl sites for hydroxylation is 1. The van der Waals surface area contributed by atoms with E-state index in [0.29, 0.717) is 32.2 Å². The number of amides is 1. The molecule has 124 valence electrons. The van der Waals surface area contributed by atoms with E-state index in [2.05, 4.69) is 25.1 Å². The number of aromatic nitrogens is 4. The molecule has 0 fully saturated rings. The highest BCUT2D eigenvalue weighted by Crippen LogP contribution is 2.29. The zero-order valence-corrected chi connectivity index (χ0v) is 15.0. The molecule has 3 rings (SSSR count). The van der Waals surface area contributed by atoms with Crippen molar-refractivity contribution in [1.82, 2.24) is 19.8 Å². The smallest absolute Gasteiger partial charge is 0.271 e. The summed E-state index contributed by atoms with van der Waals surface area (Å²) in [6, 6.07) is 6.42. The minimum Gasteiger partial charge on any atom is -0.296 e. The third-order valence-electron chi connectivity index (χ3n) is 2.98.